The molecule has 150 valence electrons. The Bertz CT molecular complexity index is 436. The van der Waals surface area contributed by atoms with Crippen molar-refractivity contribution < 1.29 is 0 Å². The second-order valence-electron chi connectivity index (χ2n) is 8.04. The third-order valence-corrected chi connectivity index (χ3v) is 4.52. The Kier molecular flexibility index (Phi) is 12.6. The van der Waals surface area contributed by atoms with Crippen molar-refractivity contribution in [1.82, 2.24) is 21.3 Å². The van der Waals surface area contributed by atoms with Gasteiger partial charge in [-0.25, -0.2) is 0 Å². The van der Waals surface area contributed by atoms with Crippen molar-refractivity contribution in [2.24, 2.45) is 0 Å². The van der Waals surface area contributed by atoms with Crippen LogP contribution in [-0.4, -0.2) is 45.8 Å². The average Bonchev–Trinajstić information content (AvgIpc) is 2.61. The van der Waals surface area contributed by atoms with Crippen LogP contribution in [-0.2, 0) is 12.0 Å². The van der Waals surface area contributed by atoms with Gasteiger partial charge in [0.2, 0.25) is 0 Å². The first-order chi connectivity index (χ1) is 12.5. The van der Waals surface area contributed by atoms with Crippen molar-refractivity contribution >= 4 is 0 Å². The van der Waals surface area contributed by atoms with E-state index in [9.17, 15) is 0 Å². The summed E-state index contributed by atoms with van der Waals surface area (Å²) in [5.41, 5.74) is 3.00. The fraction of sp³-hybridized carbons (Fsp3) is 0.727. The molecule has 0 unspecified atom stereocenters. The van der Waals surface area contributed by atoms with Crippen LogP contribution >= 0.6 is 0 Å². The summed E-state index contributed by atoms with van der Waals surface area (Å²) >= 11 is 0. The molecule has 0 bridgehead atoms. The molecule has 0 radical (unpaired) electrons. The van der Waals surface area contributed by atoms with E-state index in [0.717, 1.165) is 52.4 Å². The average molecular weight is 363 g/mol. The Morgan fingerprint density at radius 2 is 1.12 bits per heavy atom. The molecule has 0 saturated heterocycles. The summed E-state index contributed by atoms with van der Waals surface area (Å²) in [6.45, 7) is 17.6. The highest BCUT2D eigenvalue weighted by atomic mass is 14.9. The van der Waals surface area contributed by atoms with Gasteiger partial charge < -0.3 is 21.3 Å². The predicted molar refractivity (Wildman–Crippen MR) is 115 cm³/mol. The van der Waals surface area contributed by atoms with E-state index in [1.165, 1.54) is 30.4 Å². The summed E-state index contributed by atoms with van der Waals surface area (Å²) in [6.07, 6.45) is 3.59. The third kappa shape index (κ3) is 11.6. The number of hydrogen-bond acceptors (Lipinski definition) is 4. The molecule has 26 heavy (non-hydrogen) atoms. The Morgan fingerprint density at radius 1 is 0.654 bits per heavy atom. The molecule has 4 N–H and O–H groups in total. The summed E-state index contributed by atoms with van der Waals surface area (Å²) in [5, 5.41) is 13.9. The van der Waals surface area contributed by atoms with Crippen LogP contribution in [0.5, 0.6) is 0 Å². The quantitative estimate of drug-likeness (QED) is 0.362. The highest BCUT2D eigenvalue weighted by Crippen LogP contribution is 2.22. The van der Waals surface area contributed by atoms with Crippen LogP contribution in [0.3, 0.4) is 0 Å². The molecule has 1 aromatic carbocycles. The molecule has 0 spiro atoms. The molecule has 0 fully saturated rings. The number of nitrogens with one attached hydrogen (secondary N) is 4. The summed E-state index contributed by atoms with van der Waals surface area (Å²) in [6, 6.07) is 9.01. The monoisotopic (exact) mass is 362 g/mol. The van der Waals surface area contributed by atoms with Gasteiger partial charge in [-0.3, -0.25) is 0 Å². The number of hydrogen-bond donors (Lipinski definition) is 4. The fourth-order valence-electron chi connectivity index (χ4n) is 2.80. The summed E-state index contributed by atoms with van der Waals surface area (Å²) < 4.78 is 0. The van der Waals surface area contributed by atoms with E-state index in [-0.39, 0.29) is 5.41 Å². The minimum atomic E-state index is 0.236. The number of rotatable bonds is 15. The minimum Gasteiger partial charge on any atom is -0.317 e. The highest BCUT2D eigenvalue weighted by molar-refractivity contribution is 5.27. The topological polar surface area (TPSA) is 48.1 Å². The highest BCUT2D eigenvalue weighted by Gasteiger charge is 2.12. The van der Waals surface area contributed by atoms with Crippen LogP contribution in [0.15, 0.2) is 24.3 Å². The van der Waals surface area contributed by atoms with Gasteiger partial charge in [0, 0.05) is 6.54 Å². The van der Waals surface area contributed by atoms with Gasteiger partial charge in [-0.15, -0.1) is 0 Å². The van der Waals surface area contributed by atoms with Crippen molar-refractivity contribution in [2.45, 2.75) is 58.9 Å². The van der Waals surface area contributed by atoms with E-state index in [0.29, 0.717) is 0 Å². The smallest absolute Gasteiger partial charge is 0.0205 e. The summed E-state index contributed by atoms with van der Waals surface area (Å²) in [4.78, 5) is 0. The lowest BCUT2D eigenvalue weighted by Crippen LogP contribution is -2.26. The van der Waals surface area contributed by atoms with Crippen molar-refractivity contribution in [1.29, 1.82) is 0 Å². The van der Waals surface area contributed by atoms with Crippen LogP contribution in [0.25, 0.3) is 0 Å². The molecule has 0 aliphatic heterocycles. The minimum absolute atomic E-state index is 0.236. The molecular formula is C22H42N4. The van der Waals surface area contributed by atoms with E-state index in [2.05, 4.69) is 73.2 Å². The van der Waals surface area contributed by atoms with Crippen molar-refractivity contribution in [3.8, 4) is 0 Å². The van der Waals surface area contributed by atoms with Gasteiger partial charge in [0.25, 0.3) is 0 Å². The van der Waals surface area contributed by atoms with Gasteiger partial charge in [-0.2, -0.15) is 0 Å². The lowest BCUT2D eigenvalue weighted by Gasteiger charge is -2.19. The molecule has 0 aliphatic carbocycles. The third-order valence-electron chi connectivity index (χ3n) is 4.52. The molecule has 4 nitrogen and oxygen atoms in total. The first kappa shape index (κ1) is 23.1. The molecule has 0 atom stereocenters. The van der Waals surface area contributed by atoms with Gasteiger partial charge in [-0.05, 0) is 81.6 Å². The van der Waals surface area contributed by atoms with E-state index < -0.39 is 0 Å². The van der Waals surface area contributed by atoms with Crippen LogP contribution in [0.2, 0.25) is 0 Å². The van der Waals surface area contributed by atoms with Crippen LogP contribution in [0, 0.1) is 0 Å². The molecule has 0 amide bonds. The van der Waals surface area contributed by atoms with Crippen LogP contribution in [0.4, 0.5) is 0 Å². The standard InChI is InChI=1S/C22H42N4/c1-5-23-13-6-14-24-15-7-16-25-17-8-18-26-19-20-9-11-21(12-10-20)22(2,3)4/h9-12,23-26H,5-8,13-19H2,1-4H3. The lowest BCUT2D eigenvalue weighted by molar-refractivity contribution is 0.554. The molecule has 1 rings (SSSR count). The molecule has 0 aliphatic rings. The van der Waals surface area contributed by atoms with Crippen molar-refractivity contribution in [2.75, 3.05) is 45.8 Å². The maximum absolute atomic E-state index is 3.54. The molecule has 0 aromatic heterocycles. The Balaban J connectivity index is 1.89. The fourth-order valence-corrected chi connectivity index (χ4v) is 2.80. The lowest BCUT2D eigenvalue weighted by atomic mass is 9.87. The van der Waals surface area contributed by atoms with E-state index in [1.54, 1.807) is 0 Å². The first-order valence-corrected chi connectivity index (χ1v) is 10.5. The molecule has 0 saturated carbocycles. The molecular weight excluding hydrogens is 320 g/mol. The zero-order valence-electron chi connectivity index (χ0n) is 17.6. The molecule has 4 heteroatoms. The zero-order valence-corrected chi connectivity index (χ0v) is 17.6. The van der Waals surface area contributed by atoms with E-state index in [1.807, 2.05) is 0 Å². The van der Waals surface area contributed by atoms with Crippen LogP contribution in [0.1, 0.15) is 58.1 Å². The normalized spacial score (nSPS) is 11.8. The molecule has 0 heterocycles. The van der Waals surface area contributed by atoms with Crippen LogP contribution < -0.4 is 21.3 Å². The summed E-state index contributed by atoms with van der Waals surface area (Å²) in [5.74, 6) is 0. The first-order valence-electron chi connectivity index (χ1n) is 10.5. The van der Waals surface area contributed by atoms with E-state index in [4.69, 9.17) is 0 Å². The van der Waals surface area contributed by atoms with Crippen molar-refractivity contribution in [3.05, 3.63) is 35.4 Å². The SMILES string of the molecule is CCNCCCNCCCNCCCNCc1ccc(C(C)(C)C)cc1. The summed E-state index contributed by atoms with van der Waals surface area (Å²) in [7, 11) is 0. The Labute approximate surface area is 161 Å². The Hall–Kier alpha value is -0.940. The zero-order chi connectivity index (χ0) is 19.1. The number of benzene rings is 1. The second-order valence-corrected chi connectivity index (χ2v) is 8.04. The van der Waals surface area contributed by atoms with Crippen molar-refractivity contribution in [3.63, 3.8) is 0 Å². The van der Waals surface area contributed by atoms with E-state index >= 15 is 0 Å². The maximum Gasteiger partial charge on any atom is 0.0205 e. The van der Waals surface area contributed by atoms with Gasteiger partial charge in [-0.1, -0.05) is 52.0 Å². The van der Waals surface area contributed by atoms with Gasteiger partial charge >= 0.3 is 0 Å². The second kappa shape index (κ2) is 14.2. The predicted octanol–water partition coefficient (Wildman–Crippen LogP) is 3.03. The maximum atomic E-state index is 3.54. The molecule has 1 aromatic rings. The largest absolute Gasteiger partial charge is 0.317 e. The van der Waals surface area contributed by atoms with Gasteiger partial charge in [0.15, 0.2) is 0 Å². The van der Waals surface area contributed by atoms with Gasteiger partial charge in [0.05, 0.1) is 0 Å². The Morgan fingerprint density at radius 3 is 1.58 bits per heavy atom. The van der Waals surface area contributed by atoms with Gasteiger partial charge in [0.1, 0.15) is 0 Å².